The lowest BCUT2D eigenvalue weighted by atomic mass is 9.73. The van der Waals surface area contributed by atoms with E-state index in [2.05, 4.69) is 38.3 Å². The van der Waals surface area contributed by atoms with E-state index in [1.54, 1.807) is 0 Å². The number of carbonyl (C=O) groups excluding carboxylic acids is 2. The van der Waals surface area contributed by atoms with Crippen molar-refractivity contribution in [3.8, 4) is 0 Å². The highest BCUT2D eigenvalue weighted by Gasteiger charge is 2.38. The van der Waals surface area contributed by atoms with Gasteiger partial charge in [-0.2, -0.15) is 0 Å². The monoisotopic (exact) mass is 282 g/mol. The molecule has 0 fully saturated rings. The van der Waals surface area contributed by atoms with E-state index >= 15 is 0 Å². The van der Waals surface area contributed by atoms with Gasteiger partial charge >= 0.3 is 0 Å². The normalized spacial score (nSPS) is 13.7. The summed E-state index contributed by atoms with van der Waals surface area (Å²) in [6, 6.07) is -0.0214. The van der Waals surface area contributed by atoms with Gasteiger partial charge in [-0.1, -0.05) is 13.8 Å². The van der Waals surface area contributed by atoms with Crippen LogP contribution in [-0.4, -0.2) is 44.4 Å². The van der Waals surface area contributed by atoms with E-state index in [9.17, 15) is 9.59 Å². The second-order valence-corrected chi connectivity index (χ2v) is 6.22. The molecule has 0 bridgehead atoms. The number of rotatable bonds is 8. The number of amides is 2. The van der Waals surface area contributed by atoms with Gasteiger partial charge in [-0.3, -0.25) is 9.59 Å². The lowest BCUT2D eigenvalue weighted by Crippen LogP contribution is -2.47. The smallest absolute Gasteiger partial charge is 0.239 e. The quantitative estimate of drug-likeness (QED) is 0.664. The zero-order valence-corrected chi connectivity index (χ0v) is 13.5. The Kier molecular flexibility index (Phi) is 7.27. The lowest BCUT2D eigenvalue weighted by molar-refractivity contribution is -0.122. The molecule has 0 rings (SSSR count). The molecule has 0 heterocycles. The lowest BCUT2D eigenvalue weighted by Gasteiger charge is -2.42. The van der Waals surface area contributed by atoms with Crippen LogP contribution in [0.4, 0.5) is 4.79 Å². The molecular weight excluding hydrogens is 255 g/mol. The molecular formula is C14H27BN2O3. The van der Waals surface area contributed by atoms with Crippen molar-refractivity contribution in [2.45, 2.75) is 59.6 Å². The van der Waals surface area contributed by atoms with E-state index in [1.807, 2.05) is 13.8 Å². The third-order valence-electron chi connectivity index (χ3n) is 3.78. The summed E-state index contributed by atoms with van der Waals surface area (Å²) < 4.78 is 5.79. The summed E-state index contributed by atoms with van der Waals surface area (Å²) in [5, 5.41) is 5.11. The molecule has 20 heavy (non-hydrogen) atoms. The number of ether oxygens (including phenoxy) is 1. The van der Waals surface area contributed by atoms with E-state index < -0.39 is 5.81 Å². The van der Waals surface area contributed by atoms with Crippen molar-refractivity contribution in [1.82, 2.24) is 10.6 Å². The minimum absolute atomic E-state index is 0.0214. The van der Waals surface area contributed by atoms with Crippen LogP contribution in [0, 0.1) is 5.41 Å². The summed E-state index contributed by atoms with van der Waals surface area (Å²) >= 11 is 0. The Bertz CT molecular complexity index is 343. The molecule has 1 unspecified atom stereocenters. The van der Waals surface area contributed by atoms with Gasteiger partial charge in [0.05, 0.1) is 12.1 Å². The van der Waals surface area contributed by atoms with E-state index in [0.29, 0.717) is 6.61 Å². The van der Waals surface area contributed by atoms with Crippen LogP contribution in [0.25, 0.3) is 0 Å². The molecule has 0 aromatic heterocycles. The number of hydrogen-bond acceptors (Lipinski definition) is 3. The average molecular weight is 282 g/mol. The first-order valence-corrected chi connectivity index (χ1v) is 6.98. The Hall–Kier alpha value is -1.04. The summed E-state index contributed by atoms with van der Waals surface area (Å²) in [6.07, 6.45) is 0.766. The predicted octanol–water partition coefficient (Wildman–Crippen LogP) is 1.60. The van der Waals surface area contributed by atoms with Crippen LogP contribution < -0.4 is 10.6 Å². The average Bonchev–Trinajstić information content (AvgIpc) is 2.24. The predicted molar refractivity (Wildman–Crippen MR) is 80.9 cm³/mol. The van der Waals surface area contributed by atoms with Gasteiger partial charge in [-0.05, 0) is 39.5 Å². The third kappa shape index (κ3) is 6.41. The van der Waals surface area contributed by atoms with Crippen LogP contribution in [0.15, 0.2) is 0 Å². The van der Waals surface area contributed by atoms with Crippen LogP contribution in [0.1, 0.15) is 48.0 Å². The van der Waals surface area contributed by atoms with E-state index in [1.165, 1.54) is 0 Å². The van der Waals surface area contributed by atoms with Crippen molar-refractivity contribution in [3.63, 3.8) is 0 Å². The topological polar surface area (TPSA) is 67.4 Å². The summed E-state index contributed by atoms with van der Waals surface area (Å²) in [7, 11) is 4.92. The number of hydrogen-bond donors (Lipinski definition) is 2. The van der Waals surface area contributed by atoms with Crippen molar-refractivity contribution < 1.29 is 14.3 Å². The van der Waals surface area contributed by atoms with E-state index in [-0.39, 0.29) is 29.5 Å². The fourth-order valence-electron chi connectivity index (χ4n) is 2.11. The van der Waals surface area contributed by atoms with Gasteiger partial charge < -0.3 is 15.4 Å². The van der Waals surface area contributed by atoms with Crippen molar-refractivity contribution in [2.24, 2.45) is 5.41 Å². The highest BCUT2D eigenvalue weighted by molar-refractivity contribution is 6.57. The van der Waals surface area contributed by atoms with Gasteiger partial charge in [0, 0.05) is 12.6 Å². The molecule has 2 N–H and O–H groups in total. The Morgan fingerprint density at radius 1 is 1.25 bits per heavy atom. The maximum Gasteiger partial charge on any atom is 0.239 e. The second kappa shape index (κ2) is 7.67. The summed E-state index contributed by atoms with van der Waals surface area (Å²) in [6.45, 7) is 12.8. The molecule has 6 heteroatoms. The Balaban J connectivity index is 4.40. The van der Waals surface area contributed by atoms with Crippen LogP contribution in [0.3, 0.4) is 0 Å². The van der Waals surface area contributed by atoms with Gasteiger partial charge in [0.1, 0.15) is 0 Å². The van der Waals surface area contributed by atoms with Gasteiger partial charge in [0.25, 0.3) is 0 Å². The van der Waals surface area contributed by atoms with Crippen LogP contribution in [0.2, 0.25) is 0 Å². The SMILES string of the molecule is [B]C(=O)NCC(=O)NC(C)CC(C)(C)C(C)(C)OCC. The first-order valence-electron chi connectivity index (χ1n) is 6.98. The van der Waals surface area contributed by atoms with Crippen LogP contribution in [-0.2, 0) is 9.53 Å². The minimum atomic E-state index is -0.703. The van der Waals surface area contributed by atoms with E-state index in [0.717, 1.165) is 6.42 Å². The number of carbonyl (C=O) groups is 2. The maximum absolute atomic E-state index is 11.6. The molecule has 0 aliphatic heterocycles. The Labute approximate surface area is 123 Å². The van der Waals surface area contributed by atoms with Crippen molar-refractivity contribution in [2.75, 3.05) is 13.2 Å². The fourth-order valence-corrected chi connectivity index (χ4v) is 2.11. The molecule has 0 saturated carbocycles. The highest BCUT2D eigenvalue weighted by Crippen LogP contribution is 2.37. The number of nitrogens with one attached hydrogen (secondary N) is 2. The largest absolute Gasteiger partial charge is 0.375 e. The first-order chi connectivity index (χ1) is 9.01. The van der Waals surface area contributed by atoms with Crippen LogP contribution >= 0.6 is 0 Å². The summed E-state index contributed by atoms with van der Waals surface area (Å²) in [5.74, 6) is -0.952. The molecule has 5 nitrogen and oxygen atoms in total. The molecule has 0 aromatic rings. The van der Waals surface area contributed by atoms with Gasteiger partial charge in [-0.25, -0.2) is 0 Å². The molecule has 0 spiro atoms. The van der Waals surface area contributed by atoms with Crippen LogP contribution in [0.5, 0.6) is 0 Å². The van der Waals surface area contributed by atoms with Crippen molar-refractivity contribution in [3.05, 3.63) is 0 Å². The molecule has 0 aliphatic rings. The molecule has 1 atom stereocenters. The molecule has 114 valence electrons. The van der Waals surface area contributed by atoms with Gasteiger partial charge in [0.2, 0.25) is 13.8 Å². The molecule has 2 amide bonds. The second-order valence-electron chi connectivity index (χ2n) is 6.22. The maximum atomic E-state index is 11.6. The van der Waals surface area contributed by atoms with Crippen molar-refractivity contribution >= 4 is 19.6 Å². The molecule has 0 aromatic carbocycles. The molecule has 0 aliphatic carbocycles. The van der Waals surface area contributed by atoms with Gasteiger partial charge in [0.15, 0.2) is 5.81 Å². The molecule has 2 radical (unpaired) electrons. The minimum Gasteiger partial charge on any atom is -0.375 e. The zero-order valence-electron chi connectivity index (χ0n) is 13.5. The standard InChI is InChI=1S/C14H27BN2O3/c1-7-20-14(5,6)13(3,4)8-10(2)17-11(18)9-16-12(15)19/h10H,7-9H2,1-6H3,(H,16,19)(H,17,18). The molecule has 0 saturated heterocycles. The van der Waals surface area contributed by atoms with Gasteiger partial charge in [-0.15, -0.1) is 0 Å². The zero-order chi connectivity index (χ0) is 16.0. The first kappa shape index (κ1) is 19.0. The Morgan fingerprint density at radius 2 is 1.80 bits per heavy atom. The van der Waals surface area contributed by atoms with Crippen molar-refractivity contribution in [1.29, 1.82) is 0 Å². The summed E-state index contributed by atoms with van der Waals surface area (Å²) in [5.41, 5.74) is -0.390. The van der Waals surface area contributed by atoms with E-state index in [4.69, 9.17) is 12.6 Å². The third-order valence-corrected chi connectivity index (χ3v) is 3.78. The highest BCUT2D eigenvalue weighted by atomic mass is 16.5. The fraction of sp³-hybridized carbons (Fsp3) is 0.857. The summed E-state index contributed by atoms with van der Waals surface area (Å²) in [4.78, 5) is 22.1. The Morgan fingerprint density at radius 3 is 2.25 bits per heavy atom.